The molecule has 1 heterocycles. The minimum absolute atomic E-state index is 0. The molecule has 0 amide bonds. The number of rotatable bonds is 6. The van der Waals surface area contributed by atoms with Gasteiger partial charge in [0.05, 0.1) is 6.54 Å². The fourth-order valence-corrected chi connectivity index (χ4v) is 2.97. The van der Waals surface area contributed by atoms with Gasteiger partial charge in [0.15, 0.2) is 5.96 Å². The first-order chi connectivity index (χ1) is 10.5. The molecule has 0 spiro atoms. The maximum Gasteiger partial charge on any atom is 0.401 e. The lowest BCUT2D eigenvalue weighted by molar-refractivity contribution is -0.143. The largest absolute Gasteiger partial charge is 0.401 e. The molecule has 0 aromatic rings. The van der Waals surface area contributed by atoms with Gasteiger partial charge in [-0.2, -0.15) is 13.2 Å². The van der Waals surface area contributed by atoms with Crippen molar-refractivity contribution in [3.05, 3.63) is 0 Å². The van der Waals surface area contributed by atoms with Gasteiger partial charge in [0, 0.05) is 39.3 Å². The third kappa shape index (κ3) is 9.87. The molecule has 24 heavy (non-hydrogen) atoms. The third-order valence-corrected chi connectivity index (χ3v) is 3.72. The number of halogens is 4. The quantitative estimate of drug-likeness (QED) is 0.358. The molecule has 1 unspecified atom stereocenters. The van der Waals surface area contributed by atoms with Crippen LogP contribution in [0, 0.1) is 5.41 Å². The van der Waals surface area contributed by atoms with Gasteiger partial charge in [0.1, 0.15) is 0 Å². The van der Waals surface area contributed by atoms with Crippen LogP contribution in [-0.2, 0) is 0 Å². The van der Waals surface area contributed by atoms with Crippen LogP contribution in [0.1, 0.15) is 20.3 Å². The van der Waals surface area contributed by atoms with Crippen LogP contribution in [0.3, 0.4) is 0 Å². The Morgan fingerprint density at radius 2 is 1.92 bits per heavy atom. The van der Waals surface area contributed by atoms with Crippen molar-refractivity contribution in [1.82, 2.24) is 20.4 Å². The summed E-state index contributed by atoms with van der Waals surface area (Å²) in [5, 5.41) is 6.50. The minimum Gasteiger partial charge on any atom is -0.356 e. The van der Waals surface area contributed by atoms with Crippen LogP contribution in [0.2, 0.25) is 0 Å². The number of alkyl halides is 3. The highest BCUT2D eigenvalue weighted by Gasteiger charge is 2.34. The van der Waals surface area contributed by atoms with Crippen molar-refractivity contribution in [2.75, 3.05) is 53.9 Å². The maximum atomic E-state index is 12.4. The van der Waals surface area contributed by atoms with Gasteiger partial charge in [-0.25, -0.2) is 0 Å². The molecule has 0 bridgehead atoms. The molecule has 5 nitrogen and oxygen atoms in total. The Morgan fingerprint density at radius 3 is 2.42 bits per heavy atom. The number of hydrogen-bond acceptors (Lipinski definition) is 3. The first kappa shape index (κ1) is 23.7. The highest BCUT2D eigenvalue weighted by Crippen LogP contribution is 2.20. The van der Waals surface area contributed by atoms with Crippen molar-refractivity contribution in [3.8, 4) is 0 Å². The van der Waals surface area contributed by atoms with E-state index >= 15 is 0 Å². The molecule has 0 aromatic heterocycles. The van der Waals surface area contributed by atoms with E-state index in [-0.39, 0.29) is 35.4 Å². The summed E-state index contributed by atoms with van der Waals surface area (Å²) in [6.45, 7) is 6.00. The van der Waals surface area contributed by atoms with Gasteiger partial charge in [0.2, 0.25) is 0 Å². The van der Waals surface area contributed by atoms with Gasteiger partial charge in [-0.05, 0) is 25.9 Å². The van der Waals surface area contributed by atoms with Crippen molar-refractivity contribution in [2.24, 2.45) is 10.4 Å². The summed E-state index contributed by atoms with van der Waals surface area (Å²) in [7, 11) is 5.74. The maximum absolute atomic E-state index is 12.4. The highest BCUT2D eigenvalue weighted by molar-refractivity contribution is 14.0. The average Bonchev–Trinajstić information content (AvgIpc) is 2.77. The van der Waals surface area contributed by atoms with Crippen LogP contribution < -0.4 is 10.6 Å². The monoisotopic (exact) mass is 465 g/mol. The smallest absolute Gasteiger partial charge is 0.356 e. The van der Waals surface area contributed by atoms with E-state index < -0.39 is 12.7 Å². The first-order valence-corrected chi connectivity index (χ1v) is 7.92. The summed E-state index contributed by atoms with van der Waals surface area (Å²) in [6, 6.07) is 0.000473. The minimum atomic E-state index is -4.13. The Hall–Kier alpha value is -0.290. The van der Waals surface area contributed by atoms with Gasteiger partial charge < -0.3 is 15.5 Å². The van der Waals surface area contributed by atoms with E-state index in [9.17, 15) is 13.2 Å². The van der Waals surface area contributed by atoms with E-state index in [0.29, 0.717) is 25.5 Å². The lowest BCUT2D eigenvalue weighted by Crippen LogP contribution is -2.48. The molecule has 9 heteroatoms. The fraction of sp³-hybridized carbons (Fsp3) is 0.933. The number of nitrogens with zero attached hydrogens (tertiary/aromatic N) is 3. The van der Waals surface area contributed by atoms with Crippen molar-refractivity contribution < 1.29 is 13.2 Å². The van der Waals surface area contributed by atoms with Crippen LogP contribution in [0.15, 0.2) is 4.99 Å². The van der Waals surface area contributed by atoms with Crippen LogP contribution in [0.25, 0.3) is 0 Å². The van der Waals surface area contributed by atoms with Crippen molar-refractivity contribution in [2.45, 2.75) is 32.5 Å². The van der Waals surface area contributed by atoms with Gasteiger partial charge >= 0.3 is 6.18 Å². The number of hydrogen-bond donors (Lipinski definition) is 2. The topological polar surface area (TPSA) is 42.9 Å². The summed E-state index contributed by atoms with van der Waals surface area (Å²) < 4.78 is 37.3. The molecule has 1 aliphatic rings. The van der Waals surface area contributed by atoms with Gasteiger partial charge in [-0.3, -0.25) is 9.89 Å². The second kappa shape index (κ2) is 10.0. The lowest BCUT2D eigenvalue weighted by atomic mass is 9.93. The molecule has 0 aromatic carbocycles. The molecule has 0 aliphatic carbocycles. The summed E-state index contributed by atoms with van der Waals surface area (Å²) in [6.07, 6.45) is -3.44. The Labute approximate surface area is 160 Å². The Balaban J connectivity index is 0.00000529. The van der Waals surface area contributed by atoms with E-state index in [2.05, 4.69) is 34.4 Å². The Bertz CT molecular complexity index is 399. The van der Waals surface area contributed by atoms with Crippen LogP contribution in [0.5, 0.6) is 0 Å². The van der Waals surface area contributed by atoms with Crippen LogP contribution in [-0.4, -0.2) is 81.8 Å². The second-order valence-corrected chi connectivity index (χ2v) is 7.31. The number of guanidine groups is 1. The molecule has 1 rings (SSSR count). The zero-order valence-electron chi connectivity index (χ0n) is 15.2. The molecule has 1 atom stereocenters. The second-order valence-electron chi connectivity index (χ2n) is 7.31. The Kier molecular flexibility index (Phi) is 9.88. The number of aliphatic imine (C=N–C) groups is 1. The third-order valence-electron chi connectivity index (χ3n) is 3.72. The molecule has 0 saturated carbocycles. The van der Waals surface area contributed by atoms with Gasteiger partial charge in [0.25, 0.3) is 0 Å². The summed E-state index contributed by atoms with van der Waals surface area (Å²) in [4.78, 5) is 7.73. The van der Waals surface area contributed by atoms with E-state index in [1.54, 1.807) is 7.05 Å². The molecule has 1 saturated heterocycles. The van der Waals surface area contributed by atoms with E-state index in [1.807, 2.05) is 14.1 Å². The normalized spacial score (nSPS) is 20.2. The molecule has 1 fully saturated rings. The van der Waals surface area contributed by atoms with Crippen LogP contribution in [0.4, 0.5) is 13.2 Å². The SMILES string of the molecule is CN=C(NCC(C)(C)CN(C)C)NC1CCN(CC(F)(F)F)C1.I. The molecule has 2 N–H and O–H groups in total. The highest BCUT2D eigenvalue weighted by atomic mass is 127. The number of nitrogens with one attached hydrogen (secondary N) is 2. The molecular formula is C15H31F3IN5. The number of likely N-dealkylation sites (tertiary alicyclic amines) is 1. The van der Waals surface area contributed by atoms with Gasteiger partial charge in [-0.15, -0.1) is 24.0 Å². The summed E-state index contributed by atoms with van der Waals surface area (Å²) >= 11 is 0. The Morgan fingerprint density at radius 1 is 1.29 bits per heavy atom. The summed E-state index contributed by atoms with van der Waals surface area (Å²) in [5.41, 5.74) is 0.0686. The molecule has 144 valence electrons. The van der Waals surface area contributed by atoms with Crippen LogP contribution >= 0.6 is 24.0 Å². The van der Waals surface area contributed by atoms with E-state index in [0.717, 1.165) is 13.1 Å². The summed E-state index contributed by atoms with van der Waals surface area (Å²) in [5.74, 6) is 0.649. The van der Waals surface area contributed by atoms with E-state index in [4.69, 9.17) is 0 Å². The molecular weight excluding hydrogens is 434 g/mol. The lowest BCUT2D eigenvalue weighted by Gasteiger charge is -2.29. The first-order valence-electron chi connectivity index (χ1n) is 7.92. The fourth-order valence-electron chi connectivity index (χ4n) is 2.97. The predicted molar refractivity (Wildman–Crippen MR) is 103 cm³/mol. The molecule has 0 radical (unpaired) electrons. The zero-order valence-corrected chi connectivity index (χ0v) is 17.5. The zero-order chi connectivity index (χ0) is 17.7. The predicted octanol–water partition coefficient (Wildman–Crippen LogP) is 1.99. The standard InChI is InChI=1S/C15H30F3N5.HI/c1-14(2,10-22(4)5)9-20-13(19-3)21-12-6-7-23(8-12)11-15(16,17)18;/h12H,6-11H2,1-5H3,(H2,19,20,21);1H. The van der Waals surface area contributed by atoms with E-state index in [1.165, 1.54) is 4.90 Å². The molecule has 1 aliphatic heterocycles. The van der Waals surface area contributed by atoms with Crippen molar-refractivity contribution in [3.63, 3.8) is 0 Å². The average molecular weight is 465 g/mol. The van der Waals surface area contributed by atoms with Crippen molar-refractivity contribution >= 4 is 29.9 Å². The van der Waals surface area contributed by atoms with Gasteiger partial charge in [-0.1, -0.05) is 13.8 Å². The van der Waals surface area contributed by atoms with Crippen molar-refractivity contribution in [1.29, 1.82) is 0 Å².